The van der Waals surface area contributed by atoms with Crippen molar-refractivity contribution in [3.05, 3.63) is 0 Å². The molecule has 12 heavy (non-hydrogen) atoms. The minimum absolute atomic E-state index is 0.439. The van der Waals surface area contributed by atoms with Gasteiger partial charge in [0.05, 0.1) is 0 Å². The first-order valence-corrected chi connectivity index (χ1v) is 9.27. The Bertz CT molecular complexity index is 57.3. The normalized spacial score (nSPS) is 9.58. The van der Waals surface area contributed by atoms with E-state index in [2.05, 4.69) is 30.0 Å². The number of hydrogen-bond acceptors (Lipinski definition) is 0. The SMILES string of the molecule is CCCP(CCC)CCC.[Cl][Au]. The molecule has 0 spiro atoms. The number of halogens is 1. The molecule has 0 fully saturated rings. The molecule has 0 aromatic rings. The van der Waals surface area contributed by atoms with Gasteiger partial charge >= 0.3 is 29.2 Å². The quantitative estimate of drug-likeness (QED) is 0.465. The fraction of sp³-hybridized carbons (Fsp3) is 1.00. The van der Waals surface area contributed by atoms with Crippen LogP contribution in [-0.2, 0) is 20.0 Å². The molecule has 0 aliphatic carbocycles. The summed E-state index contributed by atoms with van der Waals surface area (Å²) in [4.78, 5) is 0. The third kappa shape index (κ3) is 11.5. The molecular formula is C9H21AuClP. The van der Waals surface area contributed by atoms with Crippen LogP contribution >= 0.6 is 17.1 Å². The van der Waals surface area contributed by atoms with Crippen molar-refractivity contribution >= 4 is 17.1 Å². The molecular weight excluding hydrogens is 371 g/mol. The summed E-state index contributed by atoms with van der Waals surface area (Å²) < 4.78 is 0. The van der Waals surface area contributed by atoms with Gasteiger partial charge in [-0.3, -0.25) is 0 Å². The van der Waals surface area contributed by atoms with Crippen LogP contribution in [0, 0.1) is 0 Å². The van der Waals surface area contributed by atoms with Crippen LogP contribution in [0.1, 0.15) is 40.0 Å². The van der Waals surface area contributed by atoms with Crippen molar-refractivity contribution in [1.82, 2.24) is 0 Å². The van der Waals surface area contributed by atoms with Gasteiger partial charge < -0.3 is 0 Å². The summed E-state index contributed by atoms with van der Waals surface area (Å²) in [5, 5.41) is 0. The number of rotatable bonds is 6. The molecule has 0 rings (SSSR count). The summed E-state index contributed by atoms with van der Waals surface area (Å²) in [7, 11) is 5.02. The van der Waals surface area contributed by atoms with Crippen molar-refractivity contribution in [2.24, 2.45) is 0 Å². The Labute approximate surface area is 95.3 Å². The van der Waals surface area contributed by atoms with Gasteiger partial charge in [-0.2, -0.15) is 0 Å². The Morgan fingerprint density at radius 3 is 1.25 bits per heavy atom. The zero-order chi connectivity index (χ0) is 9.82. The summed E-state index contributed by atoms with van der Waals surface area (Å²) in [5.74, 6) is 0. The molecule has 0 aromatic heterocycles. The van der Waals surface area contributed by atoms with Gasteiger partial charge in [-0.25, -0.2) is 0 Å². The minimum atomic E-state index is 0.439. The van der Waals surface area contributed by atoms with E-state index in [0.29, 0.717) is 7.92 Å². The van der Waals surface area contributed by atoms with Crippen LogP contribution < -0.4 is 0 Å². The van der Waals surface area contributed by atoms with Crippen molar-refractivity contribution in [1.29, 1.82) is 0 Å². The van der Waals surface area contributed by atoms with E-state index in [0.717, 1.165) is 0 Å². The molecule has 0 bridgehead atoms. The molecule has 0 radical (unpaired) electrons. The maximum absolute atomic E-state index is 4.58. The molecule has 3 heteroatoms. The fourth-order valence-corrected chi connectivity index (χ4v) is 3.85. The van der Waals surface area contributed by atoms with Gasteiger partial charge in [0.2, 0.25) is 0 Å². The second-order valence-electron chi connectivity index (χ2n) is 2.84. The average Bonchev–Trinajstić information content (AvgIpc) is 2.10. The first-order valence-electron chi connectivity index (χ1n) is 4.68. The predicted molar refractivity (Wildman–Crippen MR) is 58.2 cm³/mol. The standard InChI is InChI=1S/C9H21P.Au.ClH/c1-4-7-10(8-5-2)9-6-3;;/h4-9H2,1-3H3;;1H/q;+1;/p-1. The van der Waals surface area contributed by atoms with Crippen LogP contribution in [0.3, 0.4) is 0 Å². The molecule has 0 aromatic carbocycles. The topological polar surface area (TPSA) is 0 Å². The van der Waals surface area contributed by atoms with E-state index in [-0.39, 0.29) is 0 Å². The van der Waals surface area contributed by atoms with E-state index in [1.165, 1.54) is 37.7 Å². The van der Waals surface area contributed by atoms with E-state index in [9.17, 15) is 0 Å². The van der Waals surface area contributed by atoms with Crippen LogP contribution in [0.25, 0.3) is 0 Å². The van der Waals surface area contributed by atoms with Gasteiger partial charge in [0.1, 0.15) is 0 Å². The van der Waals surface area contributed by atoms with Crippen molar-refractivity contribution in [2.45, 2.75) is 40.0 Å². The Morgan fingerprint density at radius 1 is 0.833 bits per heavy atom. The van der Waals surface area contributed by atoms with Crippen LogP contribution in [0.15, 0.2) is 0 Å². The van der Waals surface area contributed by atoms with Gasteiger partial charge in [-0.1, -0.05) is 40.0 Å². The third-order valence-corrected chi connectivity index (χ3v) is 4.86. The second-order valence-corrected chi connectivity index (χ2v) is 5.52. The molecule has 0 aliphatic heterocycles. The maximum atomic E-state index is 4.58. The number of hydrogen-bond donors (Lipinski definition) is 0. The van der Waals surface area contributed by atoms with E-state index in [1.54, 1.807) is 20.0 Å². The van der Waals surface area contributed by atoms with E-state index < -0.39 is 0 Å². The summed E-state index contributed by atoms with van der Waals surface area (Å²) in [5.41, 5.74) is 0. The van der Waals surface area contributed by atoms with Gasteiger partial charge in [0.15, 0.2) is 0 Å². The fourth-order valence-electron chi connectivity index (χ4n) is 1.28. The Balaban J connectivity index is 0. The second kappa shape index (κ2) is 15.0. The summed E-state index contributed by atoms with van der Waals surface area (Å²) in [6, 6.07) is 0. The molecule has 0 saturated carbocycles. The van der Waals surface area contributed by atoms with Crippen LogP contribution in [0.4, 0.5) is 0 Å². The molecule has 0 aliphatic rings. The monoisotopic (exact) mass is 392 g/mol. The van der Waals surface area contributed by atoms with E-state index in [1.807, 2.05) is 0 Å². The summed E-state index contributed by atoms with van der Waals surface area (Å²) in [6.45, 7) is 6.92. The summed E-state index contributed by atoms with van der Waals surface area (Å²) >= 11 is 1.75. The van der Waals surface area contributed by atoms with Gasteiger partial charge in [-0.15, -0.1) is 7.92 Å². The van der Waals surface area contributed by atoms with Crippen LogP contribution in [0.2, 0.25) is 0 Å². The Hall–Kier alpha value is 1.46. The van der Waals surface area contributed by atoms with Gasteiger partial charge in [0, 0.05) is 0 Å². The Morgan fingerprint density at radius 2 is 1.08 bits per heavy atom. The zero-order valence-corrected chi connectivity index (χ0v) is 12.2. The van der Waals surface area contributed by atoms with Gasteiger partial charge in [-0.05, 0) is 18.5 Å². The van der Waals surface area contributed by atoms with Crippen molar-refractivity contribution < 1.29 is 20.0 Å². The zero-order valence-electron chi connectivity index (χ0n) is 8.37. The molecule has 0 saturated heterocycles. The van der Waals surface area contributed by atoms with Crippen molar-refractivity contribution in [2.75, 3.05) is 18.5 Å². The first kappa shape index (κ1) is 15.9. The van der Waals surface area contributed by atoms with Crippen LogP contribution in [-0.4, -0.2) is 18.5 Å². The van der Waals surface area contributed by atoms with E-state index >= 15 is 0 Å². The van der Waals surface area contributed by atoms with E-state index in [4.69, 9.17) is 0 Å². The molecule has 0 unspecified atom stereocenters. The van der Waals surface area contributed by atoms with Crippen molar-refractivity contribution in [3.63, 3.8) is 0 Å². The van der Waals surface area contributed by atoms with Gasteiger partial charge in [0.25, 0.3) is 0 Å². The molecule has 0 N–H and O–H groups in total. The van der Waals surface area contributed by atoms with Crippen LogP contribution in [0.5, 0.6) is 0 Å². The first-order chi connectivity index (χ1) is 5.85. The molecule has 80 valence electrons. The third-order valence-electron chi connectivity index (χ3n) is 1.62. The molecule has 0 atom stereocenters. The molecule has 0 nitrogen and oxygen atoms in total. The average molecular weight is 393 g/mol. The van der Waals surface area contributed by atoms with Crippen molar-refractivity contribution in [3.8, 4) is 0 Å². The molecule has 0 heterocycles. The predicted octanol–water partition coefficient (Wildman–Crippen LogP) is 4.39. The Kier molecular flexibility index (Phi) is 19.8. The molecule has 0 amide bonds. The summed E-state index contributed by atoms with van der Waals surface area (Å²) in [6.07, 6.45) is 8.72.